The smallest absolute Gasteiger partial charge is 0.244 e. The molecular weight excluding hydrogens is 371 g/mol. The topological polar surface area (TPSA) is 66.5 Å². The van der Waals surface area contributed by atoms with E-state index in [4.69, 9.17) is 23.2 Å². The minimum absolute atomic E-state index is 0.0678. The third-order valence-electron chi connectivity index (χ3n) is 3.86. The summed E-state index contributed by atoms with van der Waals surface area (Å²) >= 11 is 11.9. The number of amides is 1. The predicted octanol–water partition coefficient (Wildman–Crippen LogP) is 3.70. The molecule has 0 unspecified atom stereocenters. The highest BCUT2D eigenvalue weighted by Crippen LogP contribution is 2.30. The number of anilines is 1. The van der Waals surface area contributed by atoms with Crippen molar-refractivity contribution < 1.29 is 13.2 Å². The highest BCUT2D eigenvalue weighted by Gasteiger charge is 2.32. The van der Waals surface area contributed by atoms with Gasteiger partial charge in [-0.25, -0.2) is 8.42 Å². The SMILES string of the molecule is CC[C@@H](C(=O)N[C@H](C)C(C)C)N(c1ccc(Cl)c(Cl)c1)S(C)(=O)=O. The summed E-state index contributed by atoms with van der Waals surface area (Å²) < 4.78 is 25.7. The van der Waals surface area contributed by atoms with Gasteiger partial charge < -0.3 is 5.32 Å². The van der Waals surface area contributed by atoms with Crippen LogP contribution in [0.3, 0.4) is 0 Å². The molecule has 0 fully saturated rings. The van der Waals surface area contributed by atoms with E-state index in [2.05, 4.69) is 5.32 Å². The van der Waals surface area contributed by atoms with Crippen LogP contribution in [0.25, 0.3) is 0 Å². The zero-order chi connectivity index (χ0) is 18.7. The van der Waals surface area contributed by atoms with Gasteiger partial charge in [0.2, 0.25) is 15.9 Å². The molecule has 136 valence electrons. The van der Waals surface area contributed by atoms with Gasteiger partial charge in [0, 0.05) is 6.04 Å². The molecule has 0 aromatic heterocycles. The lowest BCUT2D eigenvalue weighted by Gasteiger charge is -2.31. The first-order valence-corrected chi connectivity index (χ1v) is 10.3. The van der Waals surface area contributed by atoms with Crippen LogP contribution in [-0.2, 0) is 14.8 Å². The number of halogens is 2. The third kappa shape index (κ3) is 5.26. The van der Waals surface area contributed by atoms with Gasteiger partial charge in [0.05, 0.1) is 22.0 Å². The molecule has 1 amide bonds. The number of hydrogen-bond donors (Lipinski definition) is 1. The fourth-order valence-electron chi connectivity index (χ4n) is 2.17. The van der Waals surface area contributed by atoms with E-state index in [1.165, 1.54) is 18.2 Å². The number of carbonyl (C=O) groups excluding carboxylic acids is 1. The van der Waals surface area contributed by atoms with E-state index in [9.17, 15) is 13.2 Å². The number of nitrogens with one attached hydrogen (secondary N) is 1. The van der Waals surface area contributed by atoms with E-state index >= 15 is 0 Å². The quantitative estimate of drug-likeness (QED) is 0.766. The molecule has 8 heteroatoms. The number of benzene rings is 1. The Hall–Kier alpha value is -0.980. The third-order valence-corrected chi connectivity index (χ3v) is 5.78. The summed E-state index contributed by atoms with van der Waals surface area (Å²) in [5.41, 5.74) is 0.311. The summed E-state index contributed by atoms with van der Waals surface area (Å²) in [7, 11) is -3.69. The molecule has 0 heterocycles. The van der Waals surface area contributed by atoms with Crippen LogP contribution >= 0.6 is 23.2 Å². The Morgan fingerprint density at radius 3 is 2.21 bits per heavy atom. The molecule has 1 rings (SSSR count). The molecule has 0 aliphatic rings. The van der Waals surface area contributed by atoms with Crippen LogP contribution in [0.5, 0.6) is 0 Å². The van der Waals surface area contributed by atoms with Crippen molar-refractivity contribution in [1.29, 1.82) is 0 Å². The highest BCUT2D eigenvalue weighted by atomic mass is 35.5. The van der Waals surface area contributed by atoms with Crippen molar-refractivity contribution in [2.75, 3.05) is 10.6 Å². The lowest BCUT2D eigenvalue weighted by molar-refractivity contribution is -0.123. The average Bonchev–Trinajstić information content (AvgIpc) is 2.46. The Kier molecular flexibility index (Phi) is 7.38. The molecule has 0 saturated carbocycles. The van der Waals surface area contributed by atoms with Gasteiger partial charge >= 0.3 is 0 Å². The van der Waals surface area contributed by atoms with E-state index in [-0.39, 0.29) is 22.9 Å². The Bertz CT molecular complexity index is 693. The van der Waals surface area contributed by atoms with Crippen LogP contribution < -0.4 is 9.62 Å². The molecule has 0 saturated heterocycles. The molecule has 1 aromatic carbocycles. The van der Waals surface area contributed by atoms with Crippen molar-refractivity contribution in [3.05, 3.63) is 28.2 Å². The standard InChI is InChI=1S/C16H24Cl2N2O3S/c1-6-15(16(21)19-11(4)10(2)3)20(24(5,22)23)12-7-8-13(17)14(18)9-12/h7-11,15H,6H2,1-5H3,(H,19,21)/t11-,15+/m1/s1. The van der Waals surface area contributed by atoms with Gasteiger partial charge in [-0.2, -0.15) is 0 Å². The highest BCUT2D eigenvalue weighted by molar-refractivity contribution is 7.92. The Balaban J connectivity index is 3.27. The number of carbonyl (C=O) groups is 1. The van der Waals surface area contributed by atoms with Crippen molar-refractivity contribution in [1.82, 2.24) is 5.32 Å². The lowest BCUT2D eigenvalue weighted by Crippen LogP contribution is -2.52. The average molecular weight is 395 g/mol. The first kappa shape index (κ1) is 21.1. The second-order valence-corrected chi connectivity index (χ2v) is 8.80. The van der Waals surface area contributed by atoms with Gasteiger partial charge in [0.1, 0.15) is 6.04 Å². The van der Waals surface area contributed by atoms with Crippen LogP contribution in [-0.4, -0.2) is 32.7 Å². The van der Waals surface area contributed by atoms with Gasteiger partial charge in [-0.1, -0.05) is 44.0 Å². The summed E-state index contributed by atoms with van der Waals surface area (Å²) in [6.07, 6.45) is 1.39. The van der Waals surface area contributed by atoms with Crippen molar-refractivity contribution in [2.45, 2.75) is 46.2 Å². The maximum absolute atomic E-state index is 12.6. The first-order valence-electron chi connectivity index (χ1n) is 7.73. The summed E-state index contributed by atoms with van der Waals surface area (Å²) in [6.45, 7) is 7.62. The molecule has 1 N–H and O–H groups in total. The fraction of sp³-hybridized carbons (Fsp3) is 0.562. The minimum atomic E-state index is -3.69. The van der Waals surface area contributed by atoms with Gasteiger partial charge in [-0.15, -0.1) is 0 Å². The largest absolute Gasteiger partial charge is 0.352 e. The maximum Gasteiger partial charge on any atom is 0.244 e. The minimum Gasteiger partial charge on any atom is -0.352 e. The Morgan fingerprint density at radius 2 is 1.79 bits per heavy atom. The zero-order valence-electron chi connectivity index (χ0n) is 14.5. The molecule has 2 atom stereocenters. The van der Waals surface area contributed by atoms with Crippen LogP contribution in [0.15, 0.2) is 18.2 Å². The predicted molar refractivity (Wildman–Crippen MR) is 100 cm³/mol. The van der Waals surface area contributed by atoms with Crippen molar-refractivity contribution in [3.63, 3.8) is 0 Å². The summed E-state index contributed by atoms with van der Waals surface area (Å²) in [6, 6.07) is 3.57. The number of hydrogen-bond acceptors (Lipinski definition) is 3. The molecule has 0 spiro atoms. The molecular formula is C16H24Cl2N2O3S. The van der Waals surface area contributed by atoms with Gasteiger partial charge in [-0.05, 0) is 37.5 Å². The van der Waals surface area contributed by atoms with Crippen LogP contribution in [0.2, 0.25) is 10.0 Å². The molecule has 24 heavy (non-hydrogen) atoms. The molecule has 0 bridgehead atoms. The van der Waals surface area contributed by atoms with Crippen molar-refractivity contribution in [3.8, 4) is 0 Å². The molecule has 1 aromatic rings. The van der Waals surface area contributed by atoms with E-state index in [1.54, 1.807) is 6.92 Å². The summed E-state index contributed by atoms with van der Waals surface area (Å²) in [5, 5.41) is 3.42. The van der Waals surface area contributed by atoms with Crippen LogP contribution in [0.4, 0.5) is 5.69 Å². The Labute approximate surface area is 154 Å². The van der Waals surface area contributed by atoms with E-state index in [1.807, 2.05) is 20.8 Å². The molecule has 5 nitrogen and oxygen atoms in total. The molecule has 0 aliphatic carbocycles. The van der Waals surface area contributed by atoms with Gasteiger partial charge in [-0.3, -0.25) is 9.10 Å². The zero-order valence-corrected chi connectivity index (χ0v) is 16.8. The Morgan fingerprint density at radius 1 is 1.21 bits per heavy atom. The number of rotatable bonds is 7. The van der Waals surface area contributed by atoms with E-state index in [0.29, 0.717) is 17.1 Å². The van der Waals surface area contributed by atoms with Crippen molar-refractivity contribution >= 4 is 44.8 Å². The van der Waals surface area contributed by atoms with Crippen LogP contribution in [0.1, 0.15) is 34.1 Å². The maximum atomic E-state index is 12.6. The van der Waals surface area contributed by atoms with Crippen LogP contribution in [0, 0.1) is 5.92 Å². The van der Waals surface area contributed by atoms with E-state index in [0.717, 1.165) is 10.6 Å². The lowest BCUT2D eigenvalue weighted by atomic mass is 10.1. The van der Waals surface area contributed by atoms with Crippen molar-refractivity contribution in [2.24, 2.45) is 5.92 Å². The van der Waals surface area contributed by atoms with Gasteiger partial charge in [0.25, 0.3) is 0 Å². The van der Waals surface area contributed by atoms with Gasteiger partial charge in [0.15, 0.2) is 0 Å². The molecule has 0 radical (unpaired) electrons. The van der Waals surface area contributed by atoms with E-state index < -0.39 is 16.1 Å². The second kappa shape index (κ2) is 8.41. The molecule has 0 aliphatic heterocycles. The number of nitrogens with zero attached hydrogens (tertiary/aromatic N) is 1. The number of sulfonamides is 1. The monoisotopic (exact) mass is 394 g/mol. The second-order valence-electron chi connectivity index (χ2n) is 6.12. The fourth-order valence-corrected chi connectivity index (χ4v) is 3.67. The first-order chi connectivity index (χ1) is 11.0. The normalized spacial score (nSPS) is 14.3. The summed E-state index contributed by atoms with van der Waals surface area (Å²) in [4.78, 5) is 12.6. The summed E-state index contributed by atoms with van der Waals surface area (Å²) in [5.74, 6) is -0.0988.